The van der Waals surface area contributed by atoms with E-state index in [2.05, 4.69) is 62.3 Å². The van der Waals surface area contributed by atoms with Gasteiger partial charge in [-0.1, -0.05) is 170 Å². The first-order valence-electron chi connectivity index (χ1n) is 24.9. The Hall–Kier alpha value is -0.630. The van der Waals surface area contributed by atoms with Crippen molar-refractivity contribution >= 4 is 5.78 Å². The summed E-state index contributed by atoms with van der Waals surface area (Å²) in [5.41, 5.74) is 3.62. The Kier molecular flexibility index (Phi) is 7.76. The van der Waals surface area contributed by atoms with Crippen LogP contribution in [0.25, 0.3) is 0 Å². The van der Waals surface area contributed by atoms with Gasteiger partial charge in [0.15, 0.2) is 5.78 Å². The van der Waals surface area contributed by atoms with Gasteiger partial charge in [0.2, 0.25) is 0 Å². The van der Waals surface area contributed by atoms with E-state index in [-0.39, 0.29) is 27.1 Å². The molecule has 302 valence electrons. The van der Waals surface area contributed by atoms with E-state index < -0.39 is 11.0 Å². The Balaban J connectivity index is 0.880. The second-order valence-electron chi connectivity index (χ2n) is 23.2. The molecule has 0 aromatic carbocycles. The van der Waals surface area contributed by atoms with Gasteiger partial charge in [0.1, 0.15) is 0 Å². The smallest absolute Gasteiger partial charge is 0.153 e. The number of carbonyl (C=O) groups excluding carboxylic acids is 1. The Bertz CT molecular complexity index is 1660. The molecule has 2 nitrogen and oxygen atoms in total. The molecular formula is C52H82O2. The Morgan fingerprint density at radius 1 is 0.648 bits per heavy atom. The molecule has 8 saturated carbocycles. The highest BCUT2D eigenvalue weighted by molar-refractivity contribution is 6.16. The van der Waals surface area contributed by atoms with E-state index in [9.17, 15) is 5.11 Å². The topological polar surface area (TPSA) is 37.3 Å². The minimum absolute atomic E-state index is 0.0478. The quantitative estimate of drug-likeness (QED) is 0.0837. The van der Waals surface area contributed by atoms with Crippen molar-refractivity contribution < 1.29 is 9.90 Å². The summed E-state index contributed by atoms with van der Waals surface area (Å²) < 4.78 is 0. The van der Waals surface area contributed by atoms with E-state index in [1.807, 2.05) is 5.57 Å². The molecule has 8 fully saturated rings. The maximum atomic E-state index is 16.0. The van der Waals surface area contributed by atoms with Gasteiger partial charge >= 0.3 is 0 Å². The van der Waals surface area contributed by atoms with Crippen molar-refractivity contribution in [2.75, 3.05) is 0 Å². The molecule has 0 heterocycles. The van der Waals surface area contributed by atoms with Gasteiger partial charge in [-0.3, -0.25) is 4.79 Å². The first-order valence-corrected chi connectivity index (χ1v) is 24.9. The number of hydrogen-bond acceptors (Lipinski definition) is 2. The summed E-state index contributed by atoms with van der Waals surface area (Å²) >= 11 is 0. The minimum Gasteiger partial charge on any atom is -0.387 e. The fraction of sp³-hybridized carbons (Fsp3) is 0.942. The number of aliphatic hydroxyl groups is 1. The lowest BCUT2D eigenvalue weighted by molar-refractivity contribution is -0.169. The highest BCUT2D eigenvalue weighted by Crippen LogP contribution is 3.36. The summed E-state index contributed by atoms with van der Waals surface area (Å²) in [6.07, 6.45) is 33.2. The van der Waals surface area contributed by atoms with Gasteiger partial charge < -0.3 is 5.11 Å². The summed E-state index contributed by atoms with van der Waals surface area (Å²) in [5, 5.41) is 13.4. The molecule has 2 bridgehead atoms. The molecule has 2 heteroatoms. The highest BCUT2D eigenvalue weighted by Gasteiger charge is 3.37. The van der Waals surface area contributed by atoms with Gasteiger partial charge in [-0.05, 0) is 104 Å². The van der Waals surface area contributed by atoms with E-state index in [0.29, 0.717) is 27.4 Å². The Morgan fingerprint density at radius 3 is 1.78 bits per heavy atom. The molecule has 0 aromatic rings. The molecule has 4 spiro atoms. The number of allylic oxidation sites excluding steroid dienone is 1. The van der Waals surface area contributed by atoms with Crippen LogP contribution in [0.3, 0.4) is 0 Å². The fourth-order valence-electron chi connectivity index (χ4n) is 22.2. The normalized spacial score (nSPS) is 53.6. The van der Waals surface area contributed by atoms with Crippen LogP contribution in [0.4, 0.5) is 0 Å². The van der Waals surface area contributed by atoms with E-state index in [0.717, 1.165) is 42.9 Å². The molecule has 11 aliphatic carbocycles. The van der Waals surface area contributed by atoms with Gasteiger partial charge in [0.25, 0.3) is 0 Å². The third-order valence-electron chi connectivity index (χ3n) is 22.6. The van der Waals surface area contributed by atoms with Crippen molar-refractivity contribution in [2.24, 2.45) is 77.8 Å². The number of hydrogen-bond donors (Lipinski definition) is 1. The van der Waals surface area contributed by atoms with Crippen LogP contribution in [-0.4, -0.2) is 16.5 Å². The molecule has 11 aliphatic rings. The van der Waals surface area contributed by atoms with Crippen LogP contribution in [0.5, 0.6) is 0 Å². The fourth-order valence-corrected chi connectivity index (χ4v) is 22.2. The van der Waals surface area contributed by atoms with Gasteiger partial charge in [-0.2, -0.15) is 0 Å². The van der Waals surface area contributed by atoms with Crippen LogP contribution in [0.2, 0.25) is 0 Å². The first-order chi connectivity index (χ1) is 25.9. The molecule has 6 unspecified atom stereocenters. The third-order valence-corrected chi connectivity index (χ3v) is 22.6. The van der Waals surface area contributed by atoms with Crippen LogP contribution in [-0.2, 0) is 4.79 Å². The van der Waals surface area contributed by atoms with Crippen molar-refractivity contribution in [2.45, 2.75) is 228 Å². The van der Waals surface area contributed by atoms with Crippen LogP contribution in [0, 0.1) is 77.8 Å². The van der Waals surface area contributed by atoms with Crippen LogP contribution in [0.1, 0.15) is 223 Å². The predicted octanol–water partition coefficient (Wildman–Crippen LogP) is 14.0. The third kappa shape index (κ3) is 2.89. The largest absolute Gasteiger partial charge is 0.387 e. The summed E-state index contributed by atoms with van der Waals surface area (Å²) in [6, 6.07) is 0. The van der Waals surface area contributed by atoms with E-state index in [4.69, 9.17) is 0 Å². The summed E-state index contributed by atoms with van der Waals surface area (Å²) in [6.45, 7) is 22.5. The zero-order valence-electron chi connectivity index (χ0n) is 36.8. The minimum atomic E-state index is -0.734. The van der Waals surface area contributed by atoms with Crippen LogP contribution >= 0.6 is 0 Å². The summed E-state index contributed by atoms with van der Waals surface area (Å²) in [7, 11) is 0. The van der Waals surface area contributed by atoms with Crippen molar-refractivity contribution in [1.82, 2.24) is 0 Å². The number of Topliss-reactive ketones (excluding diaryl/α,β-unsaturated/α-hetero) is 1. The Labute approximate surface area is 332 Å². The molecule has 0 amide bonds. The number of unbranched alkanes of at least 4 members (excludes halogenated alkanes) is 13. The molecular weight excluding hydrogens is 657 g/mol. The Morgan fingerprint density at radius 2 is 1.24 bits per heavy atom. The van der Waals surface area contributed by atoms with E-state index >= 15 is 4.79 Å². The molecule has 0 radical (unpaired) electrons. The monoisotopic (exact) mass is 739 g/mol. The average Bonchev–Trinajstić information content (AvgIpc) is 4.10. The molecule has 11 rings (SSSR count). The first kappa shape index (κ1) is 37.6. The highest BCUT2D eigenvalue weighted by atomic mass is 16.3. The number of fused-ring (bicyclic) bond motifs is 2. The van der Waals surface area contributed by atoms with Crippen LogP contribution < -0.4 is 0 Å². The SMILES string of the molecule is CCCCCCCCCCCCCCCCC12C(=O)[C@]3(C)C4=C5C(CC)(C46C1(CC)[C@@]26O)C51C2(CC)[C@]14[C@H]1CC[C@H]([C@H](C)CCCC(C)C)[C@@]1(C)CC[C@@]234. The second-order valence-corrected chi connectivity index (χ2v) is 23.2. The molecule has 0 aliphatic heterocycles. The maximum absolute atomic E-state index is 16.0. The van der Waals surface area contributed by atoms with Crippen molar-refractivity contribution in [3.05, 3.63) is 11.1 Å². The van der Waals surface area contributed by atoms with Gasteiger partial charge in [-0.25, -0.2) is 0 Å². The van der Waals surface area contributed by atoms with Crippen LogP contribution in [0.15, 0.2) is 11.1 Å². The van der Waals surface area contributed by atoms with Crippen molar-refractivity contribution in [3.63, 3.8) is 0 Å². The van der Waals surface area contributed by atoms with E-state index in [1.54, 1.807) is 5.57 Å². The van der Waals surface area contributed by atoms with E-state index in [1.165, 1.54) is 141 Å². The zero-order chi connectivity index (χ0) is 38.2. The van der Waals surface area contributed by atoms with Crippen molar-refractivity contribution in [1.29, 1.82) is 0 Å². The predicted molar refractivity (Wildman–Crippen MR) is 222 cm³/mol. The molecule has 14 atom stereocenters. The number of rotatable bonds is 23. The van der Waals surface area contributed by atoms with Gasteiger partial charge in [0.05, 0.1) is 16.4 Å². The molecule has 0 saturated heterocycles. The van der Waals surface area contributed by atoms with Gasteiger partial charge in [-0.15, -0.1) is 0 Å². The van der Waals surface area contributed by atoms with Crippen molar-refractivity contribution in [3.8, 4) is 0 Å². The van der Waals surface area contributed by atoms with Gasteiger partial charge in [0, 0.05) is 27.1 Å². The second kappa shape index (κ2) is 11.1. The average molecular weight is 739 g/mol. The molecule has 1 N–H and O–H groups in total. The lowest BCUT2D eigenvalue weighted by atomic mass is 9.35. The lowest BCUT2D eigenvalue weighted by Gasteiger charge is -2.66. The zero-order valence-corrected chi connectivity index (χ0v) is 36.8. The summed E-state index contributed by atoms with van der Waals surface area (Å²) in [5.74, 6) is 3.83. The molecule has 54 heavy (non-hydrogen) atoms. The number of ketones is 1. The summed E-state index contributed by atoms with van der Waals surface area (Å²) in [4.78, 5) is 16.0. The molecule has 0 aromatic heterocycles. The standard InChI is InChI=1S/C52H82O2/c1-10-14-15-16-17-18-19-20-21-22-23-24-25-26-32-45-41(53)43(9)39-40-44(11-2,51(39)46(45,12-3)52(45,51)54)50(40)47(13-4)48(43)34-33-42(8)37(30-31-38(42)49(47,48)50)36(7)29-27-28-35(5)6/h35-38,54H,10-34H2,1-9H3/t36-,37-,38+,42-,43+,44?,45?,46?,47?,48+,49+,50?,51?,52+/m1/s1. The maximum Gasteiger partial charge on any atom is 0.153 e. The lowest BCUT2D eigenvalue weighted by Crippen LogP contribution is -2.68. The number of carbonyl (C=O) groups is 1.